The van der Waals surface area contributed by atoms with Gasteiger partial charge in [-0.3, -0.25) is 0 Å². The van der Waals surface area contributed by atoms with E-state index in [1.54, 1.807) is 18.2 Å². The normalized spacial score (nSPS) is 22.4. The number of benzene rings is 2. The van der Waals surface area contributed by atoms with Gasteiger partial charge in [0.1, 0.15) is 17.2 Å². The minimum atomic E-state index is -4.83. The smallest absolute Gasteiger partial charge is 0.476 e. The number of nitrogens with zero attached hydrogens (tertiary/aromatic N) is 3. The molecule has 3 aliphatic rings. The van der Waals surface area contributed by atoms with Gasteiger partial charge in [-0.2, -0.15) is 0 Å². The van der Waals surface area contributed by atoms with Gasteiger partial charge in [-0.1, -0.05) is 22.4 Å². The summed E-state index contributed by atoms with van der Waals surface area (Å²) in [5.74, 6) is -0.603. The molecule has 214 valence electrons. The van der Waals surface area contributed by atoms with Crippen molar-refractivity contribution >= 4 is 22.6 Å². The molecule has 1 saturated carbocycles. The monoisotopic (exact) mass is 569 g/mol. The van der Waals surface area contributed by atoms with Crippen LogP contribution in [0.1, 0.15) is 66.3 Å². The summed E-state index contributed by atoms with van der Waals surface area (Å²) in [7, 11) is 0. The summed E-state index contributed by atoms with van der Waals surface area (Å²) in [6, 6.07) is 11.9. The number of fused-ring (bicyclic) bond motifs is 3. The molecule has 3 fully saturated rings. The summed E-state index contributed by atoms with van der Waals surface area (Å²) in [4.78, 5) is 13.7. The number of para-hydroxylation sites is 1. The van der Waals surface area contributed by atoms with Crippen LogP contribution in [-0.4, -0.2) is 45.9 Å². The van der Waals surface area contributed by atoms with Crippen LogP contribution in [0.5, 0.6) is 5.75 Å². The number of rotatable bonds is 8. The van der Waals surface area contributed by atoms with Crippen LogP contribution in [0.3, 0.4) is 0 Å². The number of anilines is 1. The zero-order valence-electron chi connectivity index (χ0n) is 21.8. The van der Waals surface area contributed by atoms with Crippen molar-refractivity contribution in [2.24, 2.45) is 0 Å². The van der Waals surface area contributed by atoms with Crippen molar-refractivity contribution in [3.8, 4) is 17.0 Å². The van der Waals surface area contributed by atoms with Gasteiger partial charge >= 0.3 is 12.3 Å². The van der Waals surface area contributed by atoms with E-state index >= 15 is 0 Å². The molecule has 1 N–H and O–H groups in total. The second kappa shape index (κ2) is 9.79. The van der Waals surface area contributed by atoms with E-state index in [0.717, 1.165) is 44.2 Å². The van der Waals surface area contributed by atoms with Gasteiger partial charge in [-0.25, -0.2) is 4.79 Å². The first-order valence-corrected chi connectivity index (χ1v) is 13.6. The molecule has 41 heavy (non-hydrogen) atoms. The molecule has 2 aliphatic heterocycles. The van der Waals surface area contributed by atoms with Crippen LogP contribution in [0.15, 0.2) is 51.5 Å². The van der Waals surface area contributed by atoms with E-state index in [1.165, 1.54) is 12.1 Å². The molecule has 2 saturated heterocycles. The first-order valence-electron chi connectivity index (χ1n) is 13.6. The summed E-state index contributed by atoms with van der Waals surface area (Å²) >= 11 is 0. The van der Waals surface area contributed by atoms with Gasteiger partial charge in [-0.15, -0.1) is 13.2 Å². The van der Waals surface area contributed by atoms with Crippen molar-refractivity contribution in [1.82, 2.24) is 10.3 Å². The molecule has 2 aromatic heterocycles. The molecule has 2 bridgehead atoms. The lowest BCUT2D eigenvalue weighted by Gasteiger charge is -2.40. The van der Waals surface area contributed by atoms with Gasteiger partial charge in [0.15, 0.2) is 11.3 Å². The van der Waals surface area contributed by atoms with Gasteiger partial charge in [0, 0.05) is 40.9 Å². The van der Waals surface area contributed by atoms with Gasteiger partial charge in [-0.05, 0) is 62.8 Å². The molecule has 2 aromatic carbocycles. The summed E-state index contributed by atoms with van der Waals surface area (Å²) in [6.07, 6.45) is 0.535. The number of halogens is 3. The van der Waals surface area contributed by atoms with Gasteiger partial charge in [0.05, 0.1) is 18.1 Å². The first-order chi connectivity index (χ1) is 19.7. The number of hydrogen-bond donors (Lipinski definition) is 1. The number of carboxylic acid groups (broad SMARTS) is 1. The van der Waals surface area contributed by atoms with E-state index in [-0.39, 0.29) is 47.7 Å². The number of hydrogen-bond acceptors (Lipinski definition) is 8. The van der Waals surface area contributed by atoms with Crippen LogP contribution >= 0.6 is 0 Å². The molecule has 0 radical (unpaired) electrons. The average Bonchev–Trinajstić information content (AvgIpc) is 3.44. The zero-order chi connectivity index (χ0) is 28.3. The number of ether oxygens (including phenoxy) is 2. The minimum absolute atomic E-state index is 0.0483. The van der Waals surface area contributed by atoms with Crippen molar-refractivity contribution in [2.45, 2.75) is 75.6 Å². The van der Waals surface area contributed by atoms with Crippen LogP contribution in [0, 0.1) is 0 Å². The zero-order valence-corrected chi connectivity index (χ0v) is 21.8. The Kier molecular flexibility index (Phi) is 6.18. The van der Waals surface area contributed by atoms with Crippen LogP contribution in [0.2, 0.25) is 0 Å². The quantitative estimate of drug-likeness (QED) is 0.249. The highest BCUT2D eigenvalue weighted by Gasteiger charge is 2.42. The number of alkyl halides is 3. The van der Waals surface area contributed by atoms with E-state index < -0.39 is 12.3 Å². The highest BCUT2D eigenvalue weighted by molar-refractivity contribution is 6.00. The predicted octanol–water partition coefficient (Wildman–Crippen LogP) is 6.67. The molecular formula is C29H26F3N3O6. The molecule has 3 atom stereocenters. The largest absolute Gasteiger partial charge is 0.573 e. The highest BCUT2D eigenvalue weighted by Crippen LogP contribution is 2.46. The Labute approximate surface area is 231 Å². The Morgan fingerprint density at radius 2 is 1.78 bits per heavy atom. The average molecular weight is 570 g/mol. The fraction of sp³-hybridized carbons (Fsp3) is 0.414. The highest BCUT2D eigenvalue weighted by atomic mass is 19.4. The summed E-state index contributed by atoms with van der Waals surface area (Å²) in [5, 5.41) is 17.6. The summed E-state index contributed by atoms with van der Waals surface area (Å²) in [6.45, 7) is 0.178. The van der Waals surface area contributed by atoms with Crippen LogP contribution < -0.4 is 9.64 Å². The fourth-order valence-electron chi connectivity index (χ4n) is 6.34. The third-order valence-corrected chi connectivity index (χ3v) is 8.24. The molecule has 1 aliphatic carbocycles. The molecule has 1 unspecified atom stereocenters. The van der Waals surface area contributed by atoms with E-state index in [1.807, 2.05) is 12.1 Å². The maximum atomic E-state index is 13.1. The molecule has 9 nitrogen and oxygen atoms in total. The summed E-state index contributed by atoms with van der Waals surface area (Å²) in [5.41, 5.74) is 2.48. The van der Waals surface area contributed by atoms with E-state index in [0.29, 0.717) is 28.0 Å². The molecule has 0 amide bonds. The number of aromatic nitrogens is 2. The molecular weight excluding hydrogens is 543 g/mol. The van der Waals surface area contributed by atoms with Crippen LogP contribution in [0.4, 0.5) is 18.9 Å². The lowest BCUT2D eigenvalue weighted by atomic mass is 9.98. The summed E-state index contributed by atoms with van der Waals surface area (Å²) < 4.78 is 60.9. The van der Waals surface area contributed by atoms with Crippen LogP contribution in [0.25, 0.3) is 22.2 Å². The second-order valence-corrected chi connectivity index (χ2v) is 10.9. The molecule has 4 aromatic rings. The first kappa shape index (κ1) is 25.9. The van der Waals surface area contributed by atoms with Crippen molar-refractivity contribution in [3.05, 3.63) is 59.5 Å². The van der Waals surface area contributed by atoms with Crippen LogP contribution in [-0.2, 0) is 11.3 Å². The minimum Gasteiger partial charge on any atom is -0.476 e. The molecule has 7 rings (SSSR count). The Bertz CT molecular complexity index is 1600. The maximum Gasteiger partial charge on any atom is 0.573 e. The predicted molar refractivity (Wildman–Crippen MR) is 139 cm³/mol. The Balaban J connectivity index is 1.09. The standard InChI is InChI=1S/C29H26F3N3O6/c30-29(31,32)39-23-4-2-1-3-20(23)25-22(27(41-33-25)15-5-6-15)14-38-19-11-16-7-8-17(12-19)35(16)18-9-10-21-24(13-18)40-34-26(21)28(36)37/h1-4,9-10,13,15-17,19H,5-8,11-12,14H2,(H,36,37)/t16-,17+,19?. The lowest BCUT2D eigenvalue weighted by molar-refractivity contribution is -0.274. The van der Waals surface area contributed by atoms with E-state index in [9.17, 15) is 23.1 Å². The number of carbonyl (C=O) groups is 1. The maximum absolute atomic E-state index is 13.1. The Morgan fingerprint density at radius 1 is 1.02 bits per heavy atom. The number of piperidine rings is 1. The van der Waals surface area contributed by atoms with Crippen molar-refractivity contribution < 1.29 is 41.6 Å². The third-order valence-electron chi connectivity index (χ3n) is 8.24. The fourth-order valence-corrected chi connectivity index (χ4v) is 6.34. The van der Waals surface area contributed by atoms with Gasteiger partial charge < -0.3 is 28.5 Å². The van der Waals surface area contributed by atoms with E-state index in [4.69, 9.17) is 13.8 Å². The van der Waals surface area contributed by atoms with Crippen molar-refractivity contribution in [2.75, 3.05) is 4.90 Å². The van der Waals surface area contributed by atoms with E-state index in [2.05, 4.69) is 20.0 Å². The molecule has 12 heteroatoms. The lowest BCUT2D eigenvalue weighted by Crippen LogP contribution is -2.45. The Hall–Kier alpha value is -4.06. The molecule has 0 spiro atoms. The second-order valence-electron chi connectivity index (χ2n) is 10.9. The van der Waals surface area contributed by atoms with Gasteiger partial charge in [0.2, 0.25) is 0 Å². The van der Waals surface area contributed by atoms with Crippen molar-refractivity contribution in [3.63, 3.8) is 0 Å². The number of carboxylic acids is 1. The topological polar surface area (TPSA) is 111 Å². The molecule has 4 heterocycles. The SMILES string of the molecule is O=C(O)c1noc2cc(N3[C@@H]4CC[C@H]3CC(OCc3c(-c5ccccc5OC(F)(F)F)noc3C3CC3)C4)ccc12. The van der Waals surface area contributed by atoms with Gasteiger partial charge in [0.25, 0.3) is 0 Å². The number of aromatic carboxylic acids is 1. The Morgan fingerprint density at radius 3 is 2.49 bits per heavy atom. The third kappa shape index (κ3) is 4.90. The van der Waals surface area contributed by atoms with Crippen molar-refractivity contribution in [1.29, 1.82) is 0 Å².